The van der Waals surface area contributed by atoms with E-state index in [0.717, 1.165) is 11.3 Å². The Balaban J connectivity index is 1.45. The first-order valence-electron chi connectivity index (χ1n) is 10.2. The van der Waals surface area contributed by atoms with Gasteiger partial charge in [0.2, 0.25) is 11.8 Å². The molecule has 1 unspecified atom stereocenters. The number of aromatic amines is 1. The van der Waals surface area contributed by atoms with Crippen molar-refractivity contribution < 1.29 is 19.0 Å². The summed E-state index contributed by atoms with van der Waals surface area (Å²) in [6.07, 6.45) is 2.58. The fourth-order valence-corrected chi connectivity index (χ4v) is 3.24. The third-order valence-corrected chi connectivity index (χ3v) is 4.86. The molecule has 1 amide bonds. The van der Waals surface area contributed by atoms with Gasteiger partial charge in [-0.2, -0.15) is 0 Å². The highest BCUT2D eigenvalue weighted by Crippen LogP contribution is 2.26. The molecule has 0 radical (unpaired) electrons. The number of amides is 1. The number of halogens is 1. The molecule has 4 aromatic rings. The van der Waals surface area contributed by atoms with E-state index in [9.17, 15) is 14.3 Å². The SMILES string of the molecule is Cc1cnc(Nc2ccccc2)nc1-c1c[nH]c(OC(=O)NC(CO)c2cccc(F)c2)c1. The summed E-state index contributed by atoms with van der Waals surface area (Å²) in [6, 6.07) is 16.0. The summed E-state index contributed by atoms with van der Waals surface area (Å²) in [7, 11) is 0. The second-order valence-corrected chi connectivity index (χ2v) is 7.29. The van der Waals surface area contributed by atoms with Crippen LogP contribution in [0.4, 0.5) is 20.8 Å². The van der Waals surface area contributed by atoms with Crippen LogP contribution in [-0.2, 0) is 0 Å². The van der Waals surface area contributed by atoms with Gasteiger partial charge in [0.25, 0.3) is 0 Å². The summed E-state index contributed by atoms with van der Waals surface area (Å²) in [5, 5.41) is 15.3. The number of hydrogen-bond donors (Lipinski definition) is 4. The number of aryl methyl sites for hydroxylation is 1. The average Bonchev–Trinajstić information content (AvgIpc) is 3.27. The van der Waals surface area contributed by atoms with Crippen LogP contribution in [0.2, 0.25) is 0 Å². The van der Waals surface area contributed by atoms with Crippen molar-refractivity contribution in [1.29, 1.82) is 0 Å². The molecular weight excluding hydrogens is 425 g/mol. The lowest BCUT2D eigenvalue weighted by Crippen LogP contribution is -2.33. The van der Waals surface area contributed by atoms with Crippen molar-refractivity contribution in [2.24, 2.45) is 0 Å². The van der Waals surface area contributed by atoms with Crippen LogP contribution in [0.3, 0.4) is 0 Å². The van der Waals surface area contributed by atoms with Crippen molar-refractivity contribution in [3.05, 3.63) is 90.0 Å². The van der Waals surface area contributed by atoms with Gasteiger partial charge >= 0.3 is 6.09 Å². The maximum Gasteiger partial charge on any atom is 0.414 e. The Bertz CT molecular complexity index is 1250. The first kappa shape index (κ1) is 22.0. The molecule has 9 heteroatoms. The molecule has 4 rings (SSSR count). The van der Waals surface area contributed by atoms with E-state index in [-0.39, 0.29) is 5.88 Å². The van der Waals surface area contributed by atoms with Crippen molar-refractivity contribution in [2.45, 2.75) is 13.0 Å². The number of H-pyrrole nitrogens is 1. The zero-order chi connectivity index (χ0) is 23.2. The van der Waals surface area contributed by atoms with Crippen LogP contribution >= 0.6 is 0 Å². The molecule has 2 aromatic carbocycles. The van der Waals surface area contributed by atoms with Gasteiger partial charge in [0.15, 0.2) is 0 Å². The fourth-order valence-electron chi connectivity index (χ4n) is 3.24. The molecule has 0 saturated heterocycles. The molecule has 8 nitrogen and oxygen atoms in total. The van der Waals surface area contributed by atoms with Crippen LogP contribution < -0.4 is 15.4 Å². The lowest BCUT2D eigenvalue weighted by Gasteiger charge is -2.16. The zero-order valence-electron chi connectivity index (χ0n) is 17.7. The summed E-state index contributed by atoms with van der Waals surface area (Å²) >= 11 is 0. The number of hydrogen-bond acceptors (Lipinski definition) is 6. The minimum atomic E-state index is -0.807. The van der Waals surface area contributed by atoms with Crippen molar-refractivity contribution >= 4 is 17.7 Å². The molecule has 33 heavy (non-hydrogen) atoms. The number of aliphatic hydroxyl groups is 1. The quantitative estimate of drug-likeness (QED) is 0.332. The van der Waals surface area contributed by atoms with E-state index in [0.29, 0.717) is 22.8 Å². The molecule has 0 spiro atoms. The Hall–Kier alpha value is -4.24. The molecule has 0 aliphatic rings. The lowest BCUT2D eigenvalue weighted by atomic mass is 10.1. The average molecular weight is 447 g/mol. The van der Waals surface area contributed by atoms with Gasteiger partial charge in [0, 0.05) is 29.7 Å². The highest BCUT2D eigenvalue weighted by atomic mass is 19.1. The Labute approximate surface area is 189 Å². The largest absolute Gasteiger partial charge is 0.414 e. The predicted molar refractivity (Wildman–Crippen MR) is 122 cm³/mol. The summed E-state index contributed by atoms with van der Waals surface area (Å²) in [4.78, 5) is 24.1. The number of rotatable bonds is 7. The molecule has 168 valence electrons. The van der Waals surface area contributed by atoms with E-state index in [4.69, 9.17) is 4.74 Å². The van der Waals surface area contributed by atoms with Gasteiger partial charge in [-0.25, -0.2) is 19.2 Å². The third-order valence-electron chi connectivity index (χ3n) is 4.86. The highest BCUT2D eigenvalue weighted by Gasteiger charge is 2.17. The van der Waals surface area contributed by atoms with Gasteiger partial charge in [-0.05, 0) is 42.3 Å². The minimum Gasteiger partial charge on any atom is -0.394 e. The van der Waals surface area contributed by atoms with Crippen molar-refractivity contribution in [1.82, 2.24) is 20.3 Å². The van der Waals surface area contributed by atoms with E-state index >= 15 is 0 Å². The second-order valence-electron chi connectivity index (χ2n) is 7.29. The Morgan fingerprint density at radius 2 is 2.00 bits per heavy atom. The topological polar surface area (TPSA) is 112 Å². The van der Waals surface area contributed by atoms with Crippen molar-refractivity contribution in [2.75, 3.05) is 11.9 Å². The molecular formula is C24H22FN5O3. The molecule has 0 aliphatic heterocycles. The van der Waals surface area contributed by atoms with Gasteiger partial charge in [0.05, 0.1) is 18.3 Å². The molecule has 0 saturated carbocycles. The van der Waals surface area contributed by atoms with Crippen LogP contribution in [0.1, 0.15) is 17.2 Å². The standard InChI is InChI=1S/C24H22FN5O3/c1-15-12-27-23(28-19-8-3-2-4-9-19)30-22(15)17-11-21(26-13-17)33-24(32)29-20(14-31)16-6-5-7-18(25)10-16/h2-13,20,26,31H,14H2,1H3,(H,29,32)(H,27,28,30). The molecule has 0 aliphatic carbocycles. The van der Waals surface area contributed by atoms with E-state index in [2.05, 4.69) is 25.6 Å². The Morgan fingerprint density at radius 3 is 2.76 bits per heavy atom. The maximum atomic E-state index is 13.4. The number of anilines is 2. The first-order valence-corrected chi connectivity index (χ1v) is 10.2. The molecule has 0 fully saturated rings. The smallest absolute Gasteiger partial charge is 0.394 e. The monoisotopic (exact) mass is 447 g/mol. The maximum absolute atomic E-state index is 13.4. The van der Waals surface area contributed by atoms with E-state index in [1.807, 2.05) is 37.3 Å². The van der Waals surface area contributed by atoms with Gasteiger partial charge in [-0.3, -0.25) is 0 Å². The van der Waals surface area contributed by atoms with Crippen molar-refractivity contribution in [3.63, 3.8) is 0 Å². The number of benzene rings is 2. The number of carbonyl (C=O) groups is 1. The summed E-state index contributed by atoms with van der Waals surface area (Å²) in [6.45, 7) is 1.47. The minimum absolute atomic E-state index is 0.189. The summed E-state index contributed by atoms with van der Waals surface area (Å²) in [5.74, 6) is 0.162. The number of aromatic nitrogens is 3. The first-order chi connectivity index (χ1) is 16.0. The van der Waals surface area contributed by atoms with Crippen LogP contribution in [0, 0.1) is 12.7 Å². The van der Waals surface area contributed by atoms with Gasteiger partial charge < -0.3 is 25.5 Å². The normalized spacial score (nSPS) is 11.6. The highest BCUT2D eigenvalue weighted by molar-refractivity contribution is 5.72. The Morgan fingerprint density at radius 1 is 1.18 bits per heavy atom. The van der Waals surface area contributed by atoms with Crippen molar-refractivity contribution in [3.8, 4) is 17.1 Å². The van der Waals surface area contributed by atoms with Crippen LogP contribution in [0.5, 0.6) is 5.88 Å². The van der Waals surface area contributed by atoms with E-state index < -0.39 is 24.6 Å². The summed E-state index contributed by atoms with van der Waals surface area (Å²) in [5.41, 5.74) is 3.51. The number of ether oxygens (including phenoxy) is 1. The summed E-state index contributed by atoms with van der Waals surface area (Å²) < 4.78 is 18.7. The second kappa shape index (κ2) is 9.92. The molecule has 4 N–H and O–H groups in total. The number of aliphatic hydroxyl groups excluding tert-OH is 1. The lowest BCUT2D eigenvalue weighted by molar-refractivity contribution is 0.181. The van der Waals surface area contributed by atoms with Gasteiger partial charge in [0.1, 0.15) is 5.82 Å². The number of nitrogens with one attached hydrogen (secondary N) is 3. The molecule has 2 aromatic heterocycles. The van der Waals surface area contributed by atoms with Crippen LogP contribution in [0.25, 0.3) is 11.3 Å². The zero-order valence-corrected chi connectivity index (χ0v) is 17.7. The van der Waals surface area contributed by atoms with E-state index in [1.165, 1.54) is 18.2 Å². The number of nitrogens with zero attached hydrogens (tertiary/aromatic N) is 2. The third kappa shape index (κ3) is 5.52. The predicted octanol–water partition coefficient (Wildman–Crippen LogP) is 4.48. The van der Waals surface area contributed by atoms with Gasteiger partial charge in [-0.15, -0.1) is 0 Å². The molecule has 1 atom stereocenters. The van der Waals surface area contributed by atoms with Crippen LogP contribution in [-0.4, -0.2) is 32.8 Å². The number of carbonyl (C=O) groups excluding carboxylic acids is 1. The number of para-hydroxylation sites is 1. The van der Waals surface area contributed by atoms with Crippen LogP contribution in [0.15, 0.2) is 73.1 Å². The molecule has 2 heterocycles. The Kier molecular flexibility index (Phi) is 6.61. The van der Waals surface area contributed by atoms with Gasteiger partial charge in [-0.1, -0.05) is 30.3 Å². The fraction of sp³-hybridized carbons (Fsp3) is 0.125. The van der Waals surface area contributed by atoms with E-state index in [1.54, 1.807) is 24.5 Å². The molecule has 0 bridgehead atoms.